The Balaban J connectivity index is 1.90. The van der Waals surface area contributed by atoms with E-state index in [-0.39, 0.29) is 17.0 Å². The number of hydrogen-bond donors (Lipinski definition) is 1. The standard InChI is InChI=1S/C21H20N2O2/c1-16-12-13-19(20(24)22-16)21(25)23(18-10-6-3-7-11-18)15-14-17-8-4-2-5-9-17/h2-13H,14-15H2,1H3,(H,22,24). The van der Waals surface area contributed by atoms with E-state index in [1.54, 1.807) is 24.0 Å². The zero-order valence-electron chi connectivity index (χ0n) is 14.1. The van der Waals surface area contributed by atoms with E-state index < -0.39 is 0 Å². The number of anilines is 1. The lowest BCUT2D eigenvalue weighted by Crippen LogP contribution is -2.36. The van der Waals surface area contributed by atoms with E-state index in [4.69, 9.17) is 0 Å². The number of carbonyl (C=O) groups excluding carboxylic acids is 1. The maximum absolute atomic E-state index is 13.0. The zero-order chi connectivity index (χ0) is 17.6. The van der Waals surface area contributed by atoms with Crippen molar-refractivity contribution in [3.8, 4) is 0 Å². The fourth-order valence-corrected chi connectivity index (χ4v) is 2.73. The molecule has 0 aliphatic heterocycles. The number of amides is 1. The number of aryl methyl sites for hydroxylation is 1. The van der Waals surface area contributed by atoms with Crippen molar-refractivity contribution in [3.63, 3.8) is 0 Å². The van der Waals surface area contributed by atoms with Crippen molar-refractivity contribution in [3.05, 3.63) is 100.0 Å². The van der Waals surface area contributed by atoms with Crippen molar-refractivity contribution in [2.45, 2.75) is 13.3 Å². The molecule has 0 saturated heterocycles. The van der Waals surface area contributed by atoms with E-state index in [0.717, 1.165) is 16.9 Å². The predicted octanol–water partition coefficient (Wildman–Crippen LogP) is 3.57. The maximum atomic E-state index is 13.0. The van der Waals surface area contributed by atoms with Crippen molar-refractivity contribution in [2.75, 3.05) is 11.4 Å². The van der Waals surface area contributed by atoms with E-state index >= 15 is 0 Å². The van der Waals surface area contributed by atoms with Crippen molar-refractivity contribution in [1.82, 2.24) is 4.98 Å². The molecule has 0 aliphatic rings. The molecule has 0 fully saturated rings. The average molecular weight is 332 g/mol. The molecule has 126 valence electrons. The molecule has 4 nitrogen and oxygen atoms in total. The molecule has 2 aromatic carbocycles. The fourth-order valence-electron chi connectivity index (χ4n) is 2.73. The van der Waals surface area contributed by atoms with Crippen molar-refractivity contribution in [2.24, 2.45) is 0 Å². The number of para-hydroxylation sites is 1. The molecule has 1 aromatic heterocycles. The van der Waals surface area contributed by atoms with Crippen molar-refractivity contribution < 1.29 is 4.79 Å². The first kappa shape index (κ1) is 16.7. The van der Waals surface area contributed by atoms with Gasteiger partial charge in [0, 0.05) is 17.9 Å². The normalized spacial score (nSPS) is 10.4. The molecule has 3 aromatic rings. The van der Waals surface area contributed by atoms with Gasteiger partial charge in [-0.1, -0.05) is 48.5 Å². The summed E-state index contributed by atoms with van der Waals surface area (Å²) >= 11 is 0. The van der Waals surface area contributed by atoms with Crippen LogP contribution in [0.25, 0.3) is 0 Å². The number of hydrogen-bond acceptors (Lipinski definition) is 2. The lowest BCUT2D eigenvalue weighted by molar-refractivity contribution is 0.0985. The topological polar surface area (TPSA) is 53.2 Å². The fraction of sp³-hybridized carbons (Fsp3) is 0.143. The summed E-state index contributed by atoms with van der Waals surface area (Å²) in [5, 5.41) is 0. The van der Waals surface area contributed by atoms with Gasteiger partial charge in [-0.15, -0.1) is 0 Å². The Morgan fingerprint density at radius 1 is 0.920 bits per heavy atom. The van der Waals surface area contributed by atoms with Crippen LogP contribution in [0.2, 0.25) is 0 Å². The van der Waals surface area contributed by atoms with Crippen LogP contribution >= 0.6 is 0 Å². The summed E-state index contributed by atoms with van der Waals surface area (Å²) in [6.07, 6.45) is 0.714. The van der Waals surface area contributed by atoms with Crippen LogP contribution in [0.4, 0.5) is 5.69 Å². The number of rotatable bonds is 5. The highest BCUT2D eigenvalue weighted by Gasteiger charge is 2.20. The third-order valence-corrected chi connectivity index (χ3v) is 4.07. The van der Waals surface area contributed by atoms with E-state index in [1.165, 1.54) is 0 Å². The highest BCUT2D eigenvalue weighted by atomic mass is 16.2. The summed E-state index contributed by atoms with van der Waals surface area (Å²) < 4.78 is 0. The van der Waals surface area contributed by atoms with E-state index in [9.17, 15) is 9.59 Å². The van der Waals surface area contributed by atoms with Crippen LogP contribution in [0.15, 0.2) is 77.6 Å². The maximum Gasteiger partial charge on any atom is 0.263 e. The van der Waals surface area contributed by atoms with Crippen LogP contribution in [-0.2, 0) is 6.42 Å². The molecule has 1 amide bonds. The predicted molar refractivity (Wildman–Crippen MR) is 100 cm³/mol. The Hall–Kier alpha value is -3.14. The number of benzene rings is 2. The van der Waals surface area contributed by atoms with Crippen molar-refractivity contribution >= 4 is 11.6 Å². The van der Waals surface area contributed by atoms with Crippen LogP contribution in [0.3, 0.4) is 0 Å². The van der Waals surface area contributed by atoms with Gasteiger partial charge in [0.2, 0.25) is 0 Å². The summed E-state index contributed by atoms with van der Waals surface area (Å²) in [5.74, 6) is -0.289. The van der Waals surface area contributed by atoms with Gasteiger partial charge in [0.25, 0.3) is 11.5 Å². The van der Waals surface area contributed by atoms with Gasteiger partial charge < -0.3 is 9.88 Å². The molecule has 0 aliphatic carbocycles. The summed E-state index contributed by atoms with van der Waals surface area (Å²) in [7, 11) is 0. The largest absolute Gasteiger partial charge is 0.326 e. The second-order valence-electron chi connectivity index (χ2n) is 5.91. The molecular weight excluding hydrogens is 312 g/mol. The minimum atomic E-state index is -0.356. The van der Waals surface area contributed by atoms with Crippen LogP contribution < -0.4 is 10.5 Å². The first-order valence-corrected chi connectivity index (χ1v) is 8.26. The summed E-state index contributed by atoms with van der Waals surface area (Å²) in [6.45, 7) is 2.29. The Morgan fingerprint density at radius 3 is 2.20 bits per heavy atom. The van der Waals surface area contributed by atoms with Gasteiger partial charge in [-0.2, -0.15) is 0 Å². The highest BCUT2D eigenvalue weighted by Crippen LogP contribution is 2.17. The number of pyridine rings is 1. The van der Waals surface area contributed by atoms with Gasteiger partial charge in [0.15, 0.2) is 0 Å². The lowest BCUT2D eigenvalue weighted by atomic mass is 10.1. The second-order valence-corrected chi connectivity index (χ2v) is 5.91. The third kappa shape index (κ3) is 4.04. The molecular formula is C21H20N2O2. The monoisotopic (exact) mass is 332 g/mol. The Labute approximate surface area is 146 Å². The summed E-state index contributed by atoms with van der Waals surface area (Å²) in [4.78, 5) is 29.5. The molecule has 25 heavy (non-hydrogen) atoms. The molecule has 1 N–H and O–H groups in total. The quantitative estimate of drug-likeness (QED) is 0.776. The van der Waals surface area contributed by atoms with Gasteiger partial charge in [-0.3, -0.25) is 9.59 Å². The molecule has 0 atom stereocenters. The first-order chi connectivity index (χ1) is 12.1. The van der Waals surface area contributed by atoms with Crippen LogP contribution in [0.1, 0.15) is 21.6 Å². The molecule has 0 radical (unpaired) electrons. The molecule has 0 saturated carbocycles. The number of aromatic nitrogens is 1. The van der Waals surface area contributed by atoms with Gasteiger partial charge in [0.05, 0.1) is 0 Å². The SMILES string of the molecule is Cc1ccc(C(=O)N(CCc2ccccc2)c2ccccc2)c(=O)[nH]1. The van der Waals surface area contributed by atoms with Crippen LogP contribution in [-0.4, -0.2) is 17.4 Å². The number of H-pyrrole nitrogens is 1. The number of aromatic amines is 1. The Kier molecular flexibility index (Phi) is 5.09. The smallest absolute Gasteiger partial charge is 0.263 e. The summed E-state index contributed by atoms with van der Waals surface area (Å²) in [6, 6.07) is 22.8. The van der Waals surface area contributed by atoms with Crippen molar-refractivity contribution in [1.29, 1.82) is 0 Å². The number of carbonyl (C=O) groups is 1. The highest BCUT2D eigenvalue weighted by molar-refractivity contribution is 6.05. The minimum absolute atomic E-state index is 0.155. The number of nitrogens with zero attached hydrogens (tertiary/aromatic N) is 1. The molecule has 3 rings (SSSR count). The number of nitrogens with one attached hydrogen (secondary N) is 1. The molecule has 0 spiro atoms. The van der Waals surface area contributed by atoms with Crippen LogP contribution in [0.5, 0.6) is 0 Å². The van der Waals surface area contributed by atoms with Gasteiger partial charge in [-0.05, 0) is 43.2 Å². The third-order valence-electron chi connectivity index (χ3n) is 4.07. The summed E-state index contributed by atoms with van der Waals surface area (Å²) in [5.41, 5.74) is 2.46. The molecule has 0 unspecified atom stereocenters. The van der Waals surface area contributed by atoms with Gasteiger partial charge in [-0.25, -0.2) is 0 Å². The zero-order valence-corrected chi connectivity index (χ0v) is 14.1. The van der Waals surface area contributed by atoms with E-state index in [1.807, 2.05) is 60.7 Å². The second kappa shape index (κ2) is 7.62. The lowest BCUT2D eigenvalue weighted by Gasteiger charge is -2.23. The minimum Gasteiger partial charge on any atom is -0.326 e. The van der Waals surface area contributed by atoms with Gasteiger partial charge >= 0.3 is 0 Å². The van der Waals surface area contributed by atoms with E-state index in [2.05, 4.69) is 4.98 Å². The molecule has 0 bridgehead atoms. The van der Waals surface area contributed by atoms with Crippen LogP contribution in [0, 0.1) is 6.92 Å². The molecule has 1 heterocycles. The Morgan fingerprint density at radius 2 is 1.56 bits per heavy atom. The van der Waals surface area contributed by atoms with Gasteiger partial charge in [0.1, 0.15) is 5.56 Å². The van der Waals surface area contributed by atoms with E-state index in [0.29, 0.717) is 13.0 Å². The Bertz CT molecular complexity index is 902. The molecule has 4 heteroatoms. The average Bonchev–Trinajstić information content (AvgIpc) is 2.63. The first-order valence-electron chi connectivity index (χ1n) is 8.26.